The monoisotopic (exact) mass is 146 g/mol. The molecule has 1 saturated heterocycles. The summed E-state index contributed by atoms with van der Waals surface area (Å²) in [6.07, 6.45) is 0.652. The summed E-state index contributed by atoms with van der Waals surface area (Å²) in [5, 5.41) is 9.08. The minimum absolute atomic E-state index is 0.119. The molecule has 1 aliphatic heterocycles. The molecule has 0 aromatic heterocycles. The predicted octanol–water partition coefficient (Wildman–Crippen LogP) is 0.866. The van der Waals surface area contributed by atoms with E-state index in [-0.39, 0.29) is 12.4 Å². The Bertz CT molecular complexity index is 95.0. The van der Waals surface area contributed by atoms with Gasteiger partial charge in [0, 0.05) is 6.42 Å². The van der Waals surface area contributed by atoms with E-state index >= 15 is 0 Å². The molecule has 3 unspecified atom stereocenters. The van der Waals surface area contributed by atoms with E-state index in [0.717, 1.165) is 6.42 Å². The first-order chi connectivity index (χ1) is 4.72. The van der Waals surface area contributed by atoms with Gasteiger partial charge in [0.15, 0.2) is 12.6 Å². The highest BCUT2D eigenvalue weighted by molar-refractivity contribution is 4.60. The maximum atomic E-state index is 9.08. The third-order valence-electron chi connectivity index (χ3n) is 1.56. The van der Waals surface area contributed by atoms with Crippen LogP contribution in [0.1, 0.15) is 26.7 Å². The minimum Gasteiger partial charge on any atom is -0.368 e. The smallest absolute Gasteiger partial charge is 0.160 e. The molecular weight excluding hydrogens is 132 g/mol. The molecule has 0 radical (unpaired) electrons. The van der Waals surface area contributed by atoms with Crippen molar-refractivity contribution in [3.63, 3.8) is 0 Å². The fourth-order valence-electron chi connectivity index (χ4n) is 1.05. The van der Waals surface area contributed by atoms with Crippen molar-refractivity contribution in [2.45, 2.75) is 45.4 Å². The van der Waals surface area contributed by atoms with Crippen molar-refractivity contribution in [1.82, 2.24) is 0 Å². The number of ether oxygens (including phenoxy) is 2. The Morgan fingerprint density at radius 2 is 2.20 bits per heavy atom. The summed E-state index contributed by atoms with van der Waals surface area (Å²) < 4.78 is 10.4. The second-order valence-electron chi connectivity index (χ2n) is 2.61. The van der Waals surface area contributed by atoms with E-state index in [2.05, 4.69) is 0 Å². The van der Waals surface area contributed by atoms with Crippen LogP contribution < -0.4 is 0 Å². The summed E-state index contributed by atoms with van der Waals surface area (Å²) in [6.45, 7) is 3.91. The van der Waals surface area contributed by atoms with Gasteiger partial charge in [0.2, 0.25) is 0 Å². The summed E-state index contributed by atoms with van der Waals surface area (Å²) in [5.74, 6) is 0. The van der Waals surface area contributed by atoms with E-state index in [1.165, 1.54) is 0 Å². The van der Waals surface area contributed by atoms with Crippen molar-refractivity contribution in [3.8, 4) is 0 Å². The van der Waals surface area contributed by atoms with E-state index in [1.54, 1.807) is 0 Å². The highest BCUT2D eigenvalue weighted by atomic mass is 16.7. The lowest BCUT2D eigenvalue weighted by Crippen LogP contribution is -2.36. The third-order valence-corrected chi connectivity index (χ3v) is 1.56. The molecule has 0 amide bonds. The lowest BCUT2D eigenvalue weighted by Gasteiger charge is -2.30. The first-order valence-corrected chi connectivity index (χ1v) is 3.71. The molecule has 10 heavy (non-hydrogen) atoms. The lowest BCUT2D eigenvalue weighted by molar-refractivity contribution is -0.290. The molecule has 0 aliphatic carbocycles. The predicted molar refractivity (Wildman–Crippen MR) is 36.3 cm³/mol. The zero-order valence-electron chi connectivity index (χ0n) is 6.41. The highest BCUT2D eigenvalue weighted by Gasteiger charge is 2.24. The molecule has 3 heteroatoms. The van der Waals surface area contributed by atoms with Crippen LogP contribution in [0.5, 0.6) is 0 Å². The van der Waals surface area contributed by atoms with Crippen LogP contribution in [0.25, 0.3) is 0 Å². The first-order valence-electron chi connectivity index (χ1n) is 3.71. The molecule has 0 aromatic rings. The molecule has 0 bridgehead atoms. The number of aliphatic hydroxyl groups excluding tert-OH is 1. The Morgan fingerprint density at radius 3 is 2.70 bits per heavy atom. The van der Waals surface area contributed by atoms with Gasteiger partial charge < -0.3 is 14.6 Å². The summed E-state index contributed by atoms with van der Waals surface area (Å²) in [6, 6.07) is 0. The van der Waals surface area contributed by atoms with Crippen LogP contribution in [-0.4, -0.2) is 23.8 Å². The highest BCUT2D eigenvalue weighted by Crippen LogP contribution is 2.17. The fourth-order valence-corrected chi connectivity index (χ4v) is 1.05. The number of hydrogen-bond donors (Lipinski definition) is 1. The maximum Gasteiger partial charge on any atom is 0.160 e. The van der Waals surface area contributed by atoms with Crippen molar-refractivity contribution in [3.05, 3.63) is 0 Å². The summed E-state index contributed by atoms with van der Waals surface area (Å²) in [4.78, 5) is 0. The molecule has 1 fully saturated rings. The van der Waals surface area contributed by atoms with Crippen molar-refractivity contribution in [1.29, 1.82) is 0 Å². The number of aliphatic hydroxyl groups is 1. The van der Waals surface area contributed by atoms with Crippen LogP contribution in [0.4, 0.5) is 0 Å². The molecule has 0 aromatic carbocycles. The molecule has 1 N–H and O–H groups in total. The Labute approximate surface area is 60.9 Å². The second kappa shape index (κ2) is 3.32. The van der Waals surface area contributed by atoms with Gasteiger partial charge in [0.05, 0.1) is 6.10 Å². The minimum atomic E-state index is -0.631. The van der Waals surface area contributed by atoms with Crippen molar-refractivity contribution in [2.24, 2.45) is 0 Å². The van der Waals surface area contributed by atoms with Gasteiger partial charge in [-0.1, -0.05) is 6.92 Å². The Balaban J connectivity index is 2.35. The standard InChI is InChI=1S/C7H14O3/c1-3-7-9-5(2)4-6(8)10-7/h5-8H,3-4H2,1-2H3. The van der Waals surface area contributed by atoms with Gasteiger partial charge in [-0.25, -0.2) is 0 Å². The van der Waals surface area contributed by atoms with Gasteiger partial charge in [0.1, 0.15) is 0 Å². The zero-order chi connectivity index (χ0) is 7.56. The SMILES string of the molecule is CCC1OC(C)CC(O)O1. The molecular formula is C7H14O3. The maximum absolute atomic E-state index is 9.08. The molecule has 60 valence electrons. The topological polar surface area (TPSA) is 38.7 Å². The normalized spacial score (nSPS) is 41.7. The van der Waals surface area contributed by atoms with Crippen LogP contribution in [-0.2, 0) is 9.47 Å². The first kappa shape index (κ1) is 7.98. The third kappa shape index (κ3) is 1.94. The van der Waals surface area contributed by atoms with Crippen LogP contribution in [0.2, 0.25) is 0 Å². The van der Waals surface area contributed by atoms with E-state index < -0.39 is 6.29 Å². The van der Waals surface area contributed by atoms with E-state index in [4.69, 9.17) is 14.6 Å². The Hall–Kier alpha value is -0.120. The lowest BCUT2D eigenvalue weighted by atomic mass is 10.2. The molecule has 3 atom stereocenters. The zero-order valence-corrected chi connectivity index (χ0v) is 6.41. The second-order valence-corrected chi connectivity index (χ2v) is 2.61. The Morgan fingerprint density at radius 1 is 1.50 bits per heavy atom. The fraction of sp³-hybridized carbons (Fsp3) is 1.00. The molecule has 1 rings (SSSR count). The average molecular weight is 146 g/mol. The summed E-state index contributed by atoms with van der Waals surface area (Å²) in [5.41, 5.74) is 0. The van der Waals surface area contributed by atoms with Crippen molar-refractivity contribution < 1.29 is 14.6 Å². The molecule has 1 heterocycles. The average Bonchev–Trinajstić information content (AvgIpc) is 1.85. The van der Waals surface area contributed by atoms with Gasteiger partial charge in [0.25, 0.3) is 0 Å². The summed E-state index contributed by atoms with van der Waals surface area (Å²) in [7, 11) is 0. The molecule has 3 nitrogen and oxygen atoms in total. The molecule has 0 spiro atoms. The van der Waals surface area contributed by atoms with E-state index in [9.17, 15) is 0 Å². The van der Waals surface area contributed by atoms with E-state index in [0.29, 0.717) is 6.42 Å². The quantitative estimate of drug-likeness (QED) is 0.596. The largest absolute Gasteiger partial charge is 0.368 e. The van der Waals surface area contributed by atoms with Crippen LogP contribution in [0.3, 0.4) is 0 Å². The van der Waals surface area contributed by atoms with Gasteiger partial charge >= 0.3 is 0 Å². The Kier molecular flexibility index (Phi) is 2.65. The van der Waals surface area contributed by atoms with Gasteiger partial charge in [-0.3, -0.25) is 0 Å². The molecule has 1 aliphatic rings. The van der Waals surface area contributed by atoms with Crippen LogP contribution in [0.15, 0.2) is 0 Å². The number of hydrogen-bond acceptors (Lipinski definition) is 3. The van der Waals surface area contributed by atoms with Gasteiger partial charge in [-0.2, -0.15) is 0 Å². The van der Waals surface area contributed by atoms with Gasteiger partial charge in [-0.05, 0) is 13.3 Å². The summed E-state index contributed by atoms with van der Waals surface area (Å²) >= 11 is 0. The molecule has 0 saturated carbocycles. The van der Waals surface area contributed by atoms with Crippen molar-refractivity contribution in [2.75, 3.05) is 0 Å². The van der Waals surface area contributed by atoms with Crippen LogP contribution in [0, 0.1) is 0 Å². The van der Waals surface area contributed by atoms with E-state index in [1.807, 2.05) is 13.8 Å². The van der Waals surface area contributed by atoms with Gasteiger partial charge in [-0.15, -0.1) is 0 Å². The van der Waals surface area contributed by atoms with Crippen molar-refractivity contribution >= 4 is 0 Å². The number of rotatable bonds is 1. The van der Waals surface area contributed by atoms with Crippen LogP contribution >= 0.6 is 0 Å².